The van der Waals surface area contributed by atoms with E-state index in [1.54, 1.807) is 12.1 Å². The van der Waals surface area contributed by atoms with Crippen LogP contribution in [0, 0.1) is 5.41 Å². The number of sulfonamides is 1. The zero-order valence-corrected chi connectivity index (χ0v) is 12.9. The van der Waals surface area contributed by atoms with Crippen LogP contribution in [0.1, 0.15) is 32.6 Å². The average Bonchev–Trinajstić information content (AvgIpc) is 2.86. The number of thiophene rings is 1. The van der Waals surface area contributed by atoms with Gasteiger partial charge in [0.05, 0.1) is 3.79 Å². The van der Waals surface area contributed by atoms with Crippen LogP contribution in [0.4, 0.5) is 0 Å². The Kier molecular flexibility index (Phi) is 3.97. The molecular formula is C11H16BrNO2S2. The van der Waals surface area contributed by atoms with Crippen LogP contribution >= 0.6 is 27.3 Å². The van der Waals surface area contributed by atoms with Crippen molar-refractivity contribution < 1.29 is 8.42 Å². The van der Waals surface area contributed by atoms with Gasteiger partial charge in [-0.15, -0.1) is 11.3 Å². The Morgan fingerprint density at radius 3 is 2.59 bits per heavy atom. The van der Waals surface area contributed by atoms with Crippen LogP contribution in [0.25, 0.3) is 0 Å². The Balaban J connectivity index is 2.03. The van der Waals surface area contributed by atoms with Crippen molar-refractivity contribution in [2.75, 3.05) is 6.54 Å². The van der Waals surface area contributed by atoms with Gasteiger partial charge in [0.1, 0.15) is 4.21 Å². The largest absolute Gasteiger partial charge is 0.250 e. The molecule has 1 aromatic rings. The quantitative estimate of drug-likeness (QED) is 0.915. The highest BCUT2D eigenvalue weighted by Gasteiger charge is 2.30. The number of halogens is 1. The van der Waals surface area contributed by atoms with Crippen molar-refractivity contribution >= 4 is 37.3 Å². The molecule has 0 unspecified atom stereocenters. The van der Waals surface area contributed by atoms with Crippen LogP contribution in [-0.4, -0.2) is 15.0 Å². The summed E-state index contributed by atoms with van der Waals surface area (Å²) in [4.78, 5) is 0. The van der Waals surface area contributed by atoms with Crippen molar-refractivity contribution in [3.05, 3.63) is 15.9 Å². The van der Waals surface area contributed by atoms with Crippen molar-refractivity contribution in [1.82, 2.24) is 4.72 Å². The lowest BCUT2D eigenvalue weighted by molar-refractivity contribution is 0.336. The molecule has 0 radical (unpaired) electrons. The van der Waals surface area contributed by atoms with Gasteiger partial charge in [-0.05, 0) is 46.3 Å². The number of nitrogens with one attached hydrogen (secondary N) is 1. The van der Waals surface area contributed by atoms with Gasteiger partial charge in [-0.25, -0.2) is 13.1 Å². The van der Waals surface area contributed by atoms with Gasteiger partial charge >= 0.3 is 0 Å². The van der Waals surface area contributed by atoms with E-state index < -0.39 is 10.0 Å². The first-order valence-corrected chi connectivity index (χ1v) is 8.76. The molecule has 1 aliphatic carbocycles. The molecule has 0 saturated heterocycles. The van der Waals surface area contributed by atoms with Gasteiger partial charge in [0.25, 0.3) is 0 Å². The minimum Gasteiger partial charge on any atom is -0.210 e. The molecule has 6 heteroatoms. The molecule has 0 aliphatic heterocycles. The second kappa shape index (κ2) is 4.99. The second-order valence-corrected chi connectivity index (χ2v) is 9.36. The predicted octanol–water partition coefficient (Wildman–Crippen LogP) is 3.37. The van der Waals surface area contributed by atoms with E-state index >= 15 is 0 Å². The molecule has 0 bridgehead atoms. The van der Waals surface area contributed by atoms with Gasteiger partial charge in [0.15, 0.2) is 0 Å². The molecule has 1 saturated carbocycles. The highest BCUT2D eigenvalue weighted by Crippen LogP contribution is 2.37. The Bertz CT molecular complexity index is 489. The minimum absolute atomic E-state index is 0.140. The van der Waals surface area contributed by atoms with Crippen LogP contribution in [0.2, 0.25) is 0 Å². The van der Waals surface area contributed by atoms with Crippen molar-refractivity contribution in [3.8, 4) is 0 Å². The average molecular weight is 338 g/mol. The normalized spacial score (nSPS) is 19.6. The molecule has 0 atom stereocenters. The lowest BCUT2D eigenvalue weighted by atomic mass is 9.89. The highest BCUT2D eigenvalue weighted by atomic mass is 79.9. The first kappa shape index (κ1) is 13.5. The van der Waals surface area contributed by atoms with Gasteiger partial charge in [0.2, 0.25) is 10.0 Å². The zero-order chi connectivity index (χ0) is 12.5. The summed E-state index contributed by atoms with van der Waals surface area (Å²) in [6.07, 6.45) is 4.65. The second-order valence-electron chi connectivity index (χ2n) is 4.90. The molecule has 96 valence electrons. The molecule has 1 aliphatic rings. The molecule has 17 heavy (non-hydrogen) atoms. The van der Waals surface area contributed by atoms with Crippen molar-refractivity contribution in [2.45, 2.75) is 36.8 Å². The third kappa shape index (κ3) is 3.30. The molecule has 3 nitrogen and oxygen atoms in total. The molecule has 1 N–H and O–H groups in total. The molecule has 0 spiro atoms. The van der Waals surface area contributed by atoms with E-state index in [0.717, 1.165) is 16.6 Å². The van der Waals surface area contributed by atoms with Gasteiger partial charge < -0.3 is 0 Å². The number of hydrogen-bond donors (Lipinski definition) is 1. The van der Waals surface area contributed by atoms with E-state index in [-0.39, 0.29) is 5.41 Å². The maximum Gasteiger partial charge on any atom is 0.250 e. The van der Waals surface area contributed by atoms with Crippen molar-refractivity contribution in [1.29, 1.82) is 0 Å². The topological polar surface area (TPSA) is 46.2 Å². The van der Waals surface area contributed by atoms with Gasteiger partial charge in [0, 0.05) is 6.54 Å². The molecular weight excluding hydrogens is 322 g/mol. The third-order valence-corrected chi connectivity index (χ3v) is 6.83. The summed E-state index contributed by atoms with van der Waals surface area (Å²) < 4.78 is 28.0. The summed E-state index contributed by atoms with van der Waals surface area (Å²) in [7, 11) is -3.33. The summed E-state index contributed by atoms with van der Waals surface area (Å²) >= 11 is 4.52. The van der Waals surface area contributed by atoms with E-state index in [1.165, 1.54) is 24.2 Å². The van der Waals surface area contributed by atoms with Gasteiger partial charge in [-0.1, -0.05) is 19.8 Å². The van der Waals surface area contributed by atoms with Crippen LogP contribution in [0.5, 0.6) is 0 Å². The summed E-state index contributed by atoms with van der Waals surface area (Å²) in [6.45, 7) is 2.71. The van der Waals surface area contributed by atoms with Crippen LogP contribution in [-0.2, 0) is 10.0 Å². The maximum absolute atomic E-state index is 12.0. The van der Waals surface area contributed by atoms with Crippen molar-refractivity contribution in [3.63, 3.8) is 0 Å². The monoisotopic (exact) mass is 337 g/mol. The molecule has 1 fully saturated rings. The maximum atomic E-state index is 12.0. The van der Waals surface area contributed by atoms with Crippen LogP contribution in [0.15, 0.2) is 20.1 Å². The molecule has 2 rings (SSSR count). The molecule has 0 aromatic carbocycles. The van der Waals surface area contributed by atoms with E-state index in [2.05, 4.69) is 27.6 Å². The first-order chi connectivity index (χ1) is 7.91. The van der Waals surface area contributed by atoms with E-state index in [9.17, 15) is 8.42 Å². The third-order valence-electron chi connectivity index (χ3n) is 3.31. The van der Waals surface area contributed by atoms with E-state index in [4.69, 9.17) is 0 Å². The van der Waals surface area contributed by atoms with Gasteiger partial charge in [-0.2, -0.15) is 0 Å². The summed E-state index contributed by atoms with van der Waals surface area (Å²) in [5.74, 6) is 0. The standard InChI is InChI=1S/C11H16BrNO2S2/c1-11(6-2-3-7-11)8-13-17(14,15)10-5-4-9(12)16-10/h4-5,13H,2-3,6-8H2,1H3. The predicted molar refractivity (Wildman–Crippen MR) is 73.8 cm³/mol. The number of rotatable bonds is 4. The Labute approximate surface area is 115 Å². The highest BCUT2D eigenvalue weighted by molar-refractivity contribution is 9.11. The summed E-state index contributed by atoms with van der Waals surface area (Å²) in [5, 5.41) is 0. The number of hydrogen-bond acceptors (Lipinski definition) is 3. The summed E-state index contributed by atoms with van der Waals surface area (Å²) in [6, 6.07) is 3.39. The molecule has 0 amide bonds. The minimum atomic E-state index is -3.33. The van der Waals surface area contributed by atoms with E-state index in [1.807, 2.05) is 0 Å². The van der Waals surface area contributed by atoms with E-state index in [0.29, 0.717) is 10.8 Å². The Morgan fingerprint density at radius 1 is 1.41 bits per heavy atom. The molecule has 1 heterocycles. The van der Waals surface area contributed by atoms with Gasteiger partial charge in [-0.3, -0.25) is 0 Å². The fourth-order valence-corrected chi connectivity index (χ4v) is 5.44. The van der Waals surface area contributed by atoms with Crippen LogP contribution in [0.3, 0.4) is 0 Å². The smallest absolute Gasteiger partial charge is 0.210 e. The lowest BCUT2D eigenvalue weighted by Gasteiger charge is -2.23. The SMILES string of the molecule is CC1(CNS(=O)(=O)c2ccc(Br)s2)CCCC1. The fraction of sp³-hybridized carbons (Fsp3) is 0.636. The summed E-state index contributed by atoms with van der Waals surface area (Å²) in [5.41, 5.74) is 0.140. The Hall–Kier alpha value is 0.0900. The lowest BCUT2D eigenvalue weighted by Crippen LogP contribution is -2.33. The van der Waals surface area contributed by atoms with Crippen molar-refractivity contribution in [2.24, 2.45) is 5.41 Å². The Morgan fingerprint density at radius 2 is 2.06 bits per heavy atom. The van der Waals surface area contributed by atoms with Crippen LogP contribution < -0.4 is 4.72 Å². The molecule has 1 aromatic heterocycles. The zero-order valence-electron chi connectivity index (χ0n) is 9.70. The first-order valence-electron chi connectivity index (χ1n) is 5.66. The fourth-order valence-electron chi connectivity index (χ4n) is 2.19.